The highest BCUT2D eigenvalue weighted by Crippen LogP contribution is 2.25. The summed E-state index contributed by atoms with van der Waals surface area (Å²) < 4.78 is 5.39. The van der Waals surface area contributed by atoms with E-state index < -0.39 is 0 Å². The first-order chi connectivity index (χ1) is 13.5. The van der Waals surface area contributed by atoms with Crippen molar-refractivity contribution >= 4 is 34.3 Å². The van der Waals surface area contributed by atoms with Gasteiger partial charge in [-0.05, 0) is 37.6 Å². The second-order valence-electron chi connectivity index (χ2n) is 6.88. The van der Waals surface area contributed by atoms with Crippen molar-refractivity contribution in [2.45, 2.75) is 13.8 Å². The summed E-state index contributed by atoms with van der Waals surface area (Å²) in [6.07, 6.45) is 0. The molecule has 3 aromatic rings. The molecule has 2 aromatic heterocycles. The van der Waals surface area contributed by atoms with Crippen LogP contribution in [0.2, 0.25) is 0 Å². The minimum atomic E-state index is -0.266. The summed E-state index contributed by atoms with van der Waals surface area (Å²) in [4.78, 5) is 27.2. The van der Waals surface area contributed by atoms with Gasteiger partial charge in [-0.3, -0.25) is 4.79 Å². The Hall–Kier alpha value is -3.13. The second-order valence-corrected chi connectivity index (χ2v) is 6.88. The van der Waals surface area contributed by atoms with E-state index in [2.05, 4.69) is 32.5 Å². The molecule has 0 unspecified atom stereocenters. The smallest absolute Gasteiger partial charge is 0.274 e. The lowest BCUT2D eigenvalue weighted by atomic mass is 10.1. The van der Waals surface area contributed by atoms with Crippen LogP contribution in [0.3, 0.4) is 0 Å². The van der Waals surface area contributed by atoms with Gasteiger partial charge in [-0.25, -0.2) is 4.98 Å². The molecule has 3 N–H and O–H groups in total. The minimum Gasteiger partial charge on any atom is -0.378 e. The van der Waals surface area contributed by atoms with Crippen LogP contribution in [0, 0.1) is 13.8 Å². The topological polar surface area (TPSA) is 95.2 Å². The van der Waals surface area contributed by atoms with E-state index in [-0.39, 0.29) is 5.91 Å². The summed E-state index contributed by atoms with van der Waals surface area (Å²) in [6, 6.07) is 7.50. The van der Waals surface area contributed by atoms with E-state index in [9.17, 15) is 4.79 Å². The molecule has 1 aromatic carbocycles. The molecule has 1 aliphatic heterocycles. The van der Waals surface area contributed by atoms with Crippen molar-refractivity contribution in [3.8, 4) is 0 Å². The van der Waals surface area contributed by atoms with Crippen molar-refractivity contribution < 1.29 is 9.53 Å². The third-order valence-corrected chi connectivity index (χ3v) is 5.06. The van der Waals surface area contributed by atoms with E-state index in [1.165, 1.54) is 5.56 Å². The molecule has 1 aliphatic rings. The fraction of sp³-hybridized carbons (Fsp3) is 0.350. The van der Waals surface area contributed by atoms with Gasteiger partial charge in [-0.15, -0.1) is 0 Å². The Kier molecular flexibility index (Phi) is 4.87. The third-order valence-electron chi connectivity index (χ3n) is 5.06. The Morgan fingerprint density at radius 3 is 2.71 bits per heavy atom. The maximum absolute atomic E-state index is 12.9. The van der Waals surface area contributed by atoms with Crippen molar-refractivity contribution in [3.05, 3.63) is 41.2 Å². The van der Waals surface area contributed by atoms with Crippen molar-refractivity contribution in [3.63, 3.8) is 0 Å². The Balaban J connectivity index is 1.61. The summed E-state index contributed by atoms with van der Waals surface area (Å²) in [5, 5.41) is 7.06. The number of hydrogen-bond acceptors (Lipinski definition) is 6. The lowest BCUT2D eigenvalue weighted by Gasteiger charge is -2.27. The molecular formula is C20H24N6O2. The number of anilines is 3. The van der Waals surface area contributed by atoms with Gasteiger partial charge in [0.2, 0.25) is 5.95 Å². The number of carbonyl (C=O) groups excluding carboxylic acids is 1. The van der Waals surface area contributed by atoms with Gasteiger partial charge in [0.25, 0.3) is 5.91 Å². The molecule has 0 atom stereocenters. The Bertz CT molecular complexity index is 1020. The number of ether oxygens (including phenoxy) is 1. The van der Waals surface area contributed by atoms with Gasteiger partial charge in [-0.2, -0.15) is 4.98 Å². The fourth-order valence-corrected chi connectivity index (χ4v) is 3.32. The number of aryl methyl sites for hydroxylation is 2. The van der Waals surface area contributed by atoms with Crippen LogP contribution < -0.4 is 15.5 Å². The number of hydrogen-bond donors (Lipinski definition) is 3. The van der Waals surface area contributed by atoms with Crippen LogP contribution in [-0.2, 0) is 4.74 Å². The molecule has 0 spiro atoms. The number of fused-ring (bicyclic) bond motifs is 1. The molecule has 0 radical (unpaired) electrons. The number of nitrogens with zero attached hydrogens (tertiary/aromatic N) is 3. The molecule has 0 bridgehead atoms. The SMILES string of the molecule is CNc1cc(C(=O)Nc2ccc3[nH]c(C)c(C)c3c2)nc(N2CCOCC2)n1. The summed E-state index contributed by atoms with van der Waals surface area (Å²) in [5.41, 5.74) is 4.42. The molecule has 0 saturated carbocycles. The van der Waals surface area contributed by atoms with Gasteiger partial charge in [0.05, 0.1) is 13.2 Å². The highest BCUT2D eigenvalue weighted by Gasteiger charge is 2.18. The Morgan fingerprint density at radius 1 is 1.18 bits per heavy atom. The minimum absolute atomic E-state index is 0.266. The van der Waals surface area contributed by atoms with Crippen LogP contribution in [0.1, 0.15) is 21.7 Å². The molecule has 8 nitrogen and oxygen atoms in total. The van der Waals surface area contributed by atoms with Gasteiger partial charge in [-0.1, -0.05) is 0 Å². The molecule has 1 amide bonds. The normalized spacial score (nSPS) is 14.3. The Morgan fingerprint density at radius 2 is 1.96 bits per heavy atom. The molecule has 146 valence electrons. The highest BCUT2D eigenvalue weighted by atomic mass is 16.5. The largest absolute Gasteiger partial charge is 0.378 e. The quantitative estimate of drug-likeness (QED) is 0.644. The summed E-state index contributed by atoms with van der Waals surface area (Å²) in [7, 11) is 1.78. The van der Waals surface area contributed by atoms with E-state index in [1.54, 1.807) is 13.1 Å². The van der Waals surface area contributed by atoms with Gasteiger partial charge in [0.1, 0.15) is 11.5 Å². The van der Waals surface area contributed by atoms with E-state index in [0.717, 1.165) is 22.3 Å². The maximum Gasteiger partial charge on any atom is 0.274 e. The number of morpholine rings is 1. The molecule has 4 rings (SSSR count). The van der Waals surface area contributed by atoms with Crippen molar-refractivity contribution in [2.75, 3.05) is 48.9 Å². The average Bonchev–Trinajstić information content (AvgIpc) is 3.02. The number of benzene rings is 1. The number of aromatic amines is 1. The van der Waals surface area contributed by atoms with E-state index >= 15 is 0 Å². The van der Waals surface area contributed by atoms with Crippen molar-refractivity contribution in [1.29, 1.82) is 0 Å². The zero-order valence-electron chi connectivity index (χ0n) is 16.3. The monoisotopic (exact) mass is 380 g/mol. The number of nitrogens with one attached hydrogen (secondary N) is 3. The Labute approximate surface area is 163 Å². The van der Waals surface area contributed by atoms with Crippen LogP contribution in [0.25, 0.3) is 10.9 Å². The molecule has 1 fully saturated rings. The first-order valence-corrected chi connectivity index (χ1v) is 9.35. The number of rotatable bonds is 4. The summed E-state index contributed by atoms with van der Waals surface area (Å²) in [5.74, 6) is 0.875. The van der Waals surface area contributed by atoms with Gasteiger partial charge >= 0.3 is 0 Å². The summed E-state index contributed by atoms with van der Waals surface area (Å²) in [6.45, 7) is 6.78. The summed E-state index contributed by atoms with van der Waals surface area (Å²) >= 11 is 0. The first kappa shape index (κ1) is 18.2. The lowest BCUT2D eigenvalue weighted by molar-refractivity contribution is 0.102. The van der Waals surface area contributed by atoms with Crippen molar-refractivity contribution in [1.82, 2.24) is 15.0 Å². The molecular weight excluding hydrogens is 356 g/mol. The zero-order chi connectivity index (χ0) is 19.7. The average molecular weight is 380 g/mol. The van der Waals surface area contributed by atoms with Gasteiger partial charge in [0.15, 0.2) is 0 Å². The van der Waals surface area contributed by atoms with Crippen LogP contribution in [-0.4, -0.2) is 54.2 Å². The zero-order valence-corrected chi connectivity index (χ0v) is 16.3. The van der Waals surface area contributed by atoms with Gasteiger partial charge < -0.3 is 25.3 Å². The van der Waals surface area contributed by atoms with E-state index in [0.29, 0.717) is 43.8 Å². The van der Waals surface area contributed by atoms with Gasteiger partial charge in [0, 0.05) is 48.5 Å². The molecule has 28 heavy (non-hydrogen) atoms. The van der Waals surface area contributed by atoms with E-state index in [4.69, 9.17) is 4.74 Å². The van der Waals surface area contributed by atoms with Crippen LogP contribution in [0.4, 0.5) is 17.5 Å². The van der Waals surface area contributed by atoms with E-state index in [1.807, 2.05) is 30.0 Å². The number of amides is 1. The van der Waals surface area contributed by atoms with Crippen LogP contribution >= 0.6 is 0 Å². The highest BCUT2D eigenvalue weighted by molar-refractivity contribution is 6.04. The number of carbonyl (C=O) groups is 1. The standard InChI is InChI=1S/C20H24N6O2/c1-12-13(2)22-16-5-4-14(10-15(12)16)23-19(27)17-11-18(21-3)25-20(24-17)26-6-8-28-9-7-26/h4-5,10-11,22H,6-9H2,1-3H3,(H,23,27)(H,21,24,25). The second kappa shape index (κ2) is 7.47. The third kappa shape index (κ3) is 3.50. The van der Waals surface area contributed by atoms with Crippen molar-refractivity contribution in [2.24, 2.45) is 0 Å². The fourth-order valence-electron chi connectivity index (χ4n) is 3.32. The predicted octanol–water partition coefficient (Wildman–Crippen LogP) is 2.71. The molecule has 3 heterocycles. The number of H-pyrrole nitrogens is 1. The lowest BCUT2D eigenvalue weighted by Crippen LogP contribution is -2.37. The maximum atomic E-state index is 12.9. The van der Waals surface area contributed by atoms with Crippen LogP contribution in [0.5, 0.6) is 0 Å². The molecule has 0 aliphatic carbocycles. The molecule has 1 saturated heterocycles. The van der Waals surface area contributed by atoms with Crippen LogP contribution in [0.15, 0.2) is 24.3 Å². The molecule has 8 heteroatoms. The first-order valence-electron chi connectivity index (χ1n) is 9.35. The number of aromatic nitrogens is 3. The predicted molar refractivity (Wildman–Crippen MR) is 110 cm³/mol.